The summed E-state index contributed by atoms with van der Waals surface area (Å²) in [5, 5.41) is 13.0. The van der Waals surface area contributed by atoms with Gasteiger partial charge in [0.15, 0.2) is 0 Å². The second kappa shape index (κ2) is 17.0. The van der Waals surface area contributed by atoms with E-state index in [1.54, 1.807) is 38.2 Å². The number of nitrogens with one attached hydrogen (secondary N) is 2. The predicted octanol–water partition coefficient (Wildman–Crippen LogP) is 5.89. The average molecular weight is 699 g/mol. The van der Waals surface area contributed by atoms with Crippen LogP contribution in [-0.2, 0) is 14.8 Å². The zero-order valence-electron chi connectivity index (χ0n) is 28.7. The number of halogens is 1. The molecule has 266 valence electrons. The summed E-state index contributed by atoms with van der Waals surface area (Å²) in [6.07, 6.45) is 1.47. The number of aryl methyl sites for hydroxylation is 1. The van der Waals surface area contributed by atoms with Crippen LogP contribution in [0.4, 0.5) is 20.6 Å². The molecule has 11 nitrogen and oxygen atoms in total. The van der Waals surface area contributed by atoms with Crippen molar-refractivity contribution in [2.45, 2.75) is 70.1 Å². The van der Waals surface area contributed by atoms with Crippen LogP contribution in [0.15, 0.2) is 71.6 Å². The van der Waals surface area contributed by atoms with Crippen LogP contribution in [0.2, 0.25) is 0 Å². The van der Waals surface area contributed by atoms with E-state index in [0.29, 0.717) is 24.5 Å². The molecule has 3 amide bonds. The summed E-state index contributed by atoms with van der Waals surface area (Å²) in [5.41, 5.74) is 1.70. The fraction of sp³-hybridized carbons (Fsp3) is 0.444. The van der Waals surface area contributed by atoms with Crippen LogP contribution in [0.25, 0.3) is 0 Å². The van der Waals surface area contributed by atoms with Crippen molar-refractivity contribution >= 4 is 33.3 Å². The number of nitrogens with zero attached hydrogens (tertiary/aromatic N) is 2. The summed E-state index contributed by atoms with van der Waals surface area (Å²) in [4.78, 5) is 30.5. The first kappa shape index (κ1) is 37.6. The third kappa shape index (κ3) is 10.4. The maximum Gasteiger partial charge on any atom is 0.321 e. The highest BCUT2D eigenvalue weighted by molar-refractivity contribution is 7.92. The summed E-state index contributed by atoms with van der Waals surface area (Å²) in [5.74, 6) is -0.854. The summed E-state index contributed by atoms with van der Waals surface area (Å²) in [6.45, 7) is 7.87. The lowest BCUT2D eigenvalue weighted by Crippen LogP contribution is -2.48. The van der Waals surface area contributed by atoms with Crippen molar-refractivity contribution in [3.63, 3.8) is 0 Å². The number of urea groups is 1. The normalized spacial score (nSPS) is 19.9. The molecule has 0 saturated carbocycles. The van der Waals surface area contributed by atoms with Crippen LogP contribution in [0.3, 0.4) is 0 Å². The van der Waals surface area contributed by atoms with Gasteiger partial charge >= 0.3 is 6.03 Å². The van der Waals surface area contributed by atoms with Gasteiger partial charge in [-0.1, -0.05) is 24.6 Å². The van der Waals surface area contributed by atoms with E-state index in [1.807, 2.05) is 20.8 Å². The van der Waals surface area contributed by atoms with E-state index < -0.39 is 39.9 Å². The number of hydrogen-bond acceptors (Lipinski definition) is 7. The minimum absolute atomic E-state index is 0.0843. The second-order valence-electron chi connectivity index (χ2n) is 12.7. The van der Waals surface area contributed by atoms with E-state index in [1.165, 1.54) is 52.3 Å². The smallest absolute Gasteiger partial charge is 0.321 e. The topological polar surface area (TPSA) is 138 Å². The highest BCUT2D eigenvalue weighted by atomic mass is 32.2. The average Bonchev–Trinajstić information content (AvgIpc) is 3.07. The fourth-order valence-corrected chi connectivity index (χ4v) is 6.53. The zero-order chi connectivity index (χ0) is 35.7. The largest absolute Gasteiger partial charge is 0.490 e. The number of aliphatic hydroxyl groups is 1. The Hall–Kier alpha value is -4.20. The molecule has 49 heavy (non-hydrogen) atoms. The number of carbonyl (C=O) groups excluding carboxylic acids is 2. The number of benzene rings is 3. The molecule has 0 spiro atoms. The molecule has 0 unspecified atom stereocenters. The van der Waals surface area contributed by atoms with Crippen molar-refractivity contribution in [3.8, 4) is 5.75 Å². The fourth-order valence-electron chi connectivity index (χ4n) is 5.49. The Balaban J connectivity index is 1.62. The van der Waals surface area contributed by atoms with E-state index in [-0.39, 0.29) is 47.9 Å². The number of sulfonamides is 1. The van der Waals surface area contributed by atoms with Gasteiger partial charge in [-0.25, -0.2) is 17.6 Å². The maximum absolute atomic E-state index is 14.4. The Morgan fingerprint density at radius 2 is 1.73 bits per heavy atom. The molecule has 0 saturated heterocycles. The monoisotopic (exact) mass is 698 g/mol. The first-order chi connectivity index (χ1) is 23.3. The van der Waals surface area contributed by atoms with Gasteiger partial charge in [-0.15, -0.1) is 0 Å². The number of carbonyl (C=O) groups is 2. The van der Waals surface area contributed by atoms with Gasteiger partial charge in [0.2, 0.25) is 0 Å². The van der Waals surface area contributed by atoms with E-state index in [0.717, 1.165) is 18.4 Å². The minimum Gasteiger partial charge on any atom is -0.490 e. The Morgan fingerprint density at radius 1 is 1.06 bits per heavy atom. The van der Waals surface area contributed by atoms with Gasteiger partial charge < -0.3 is 29.7 Å². The standard InChI is InChI=1S/C36H47FN4O7S/c1-24-9-16-31(17-10-24)49(45,46)39-30-15-18-33-32(20-30)35(43)41(26(3)23-42)21-25(2)34(47-19-7-6-8-27(4)48-33)22-40(5)36(44)38-29-13-11-28(37)12-14-29/h9-18,20,25-27,34,39,42H,6-8,19,21-23H2,1-5H3,(H,38,44)/t25-,26+,27-,34-/m0/s1. The van der Waals surface area contributed by atoms with Crippen molar-refractivity contribution in [3.05, 3.63) is 83.7 Å². The first-order valence-electron chi connectivity index (χ1n) is 16.5. The van der Waals surface area contributed by atoms with Crippen LogP contribution in [0.5, 0.6) is 5.75 Å². The molecule has 4 atom stereocenters. The number of fused-ring (bicyclic) bond motifs is 1. The zero-order valence-corrected chi connectivity index (χ0v) is 29.5. The molecule has 0 aromatic heterocycles. The van der Waals surface area contributed by atoms with Gasteiger partial charge in [-0.2, -0.15) is 0 Å². The molecule has 1 heterocycles. The number of hydrogen-bond donors (Lipinski definition) is 3. The van der Waals surface area contributed by atoms with Gasteiger partial charge in [0, 0.05) is 44.0 Å². The Labute approximate surface area is 288 Å². The van der Waals surface area contributed by atoms with Crippen molar-refractivity contribution in [2.75, 3.05) is 43.4 Å². The van der Waals surface area contributed by atoms with Gasteiger partial charge in [0.05, 0.1) is 35.3 Å². The summed E-state index contributed by atoms with van der Waals surface area (Å²) in [6, 6.07) is 15.5. The summed E-state index contributed by atoms with van der Waals surface area (Å²) in [7, 11) is -2.32. The van der Waals surface area contributed by atoms with Crippen LogP contribution in [-0.4, -0.2) is 86.9 Å². The molecule has 1 aliphatic rings. The lowest BCUT2D eigenvalue weighted by molar-refractivity contribution is -0.0115. The molecule has 0 radical (unpaired) electrons. The minimum atomic E-state index is -3.95. The Morgan fingerprint density at radius 3 is 2.41 bits per heavy atom. The summed E-state index contributed by atoms with van der Waals surface area (Å²) < 4.78 is 54.9. The van der Waals surface area contributed by atoms with E-state index in [9.17, 15) is 27.5 Å². The third-order valence-corrected chi connectivity index (χ3v) is 9.93. The van der Waals surface area contributed by atoms with Gasteiger partial charge in [-0.05, 0) is 94.6 Å². The molecule has 1 aliphatic heterocycles. The number of aliphatic hydroxyl groups excluding tert-OH is 1. The Kier molecular flexibility index (Phi) is 13.0. The Bertz CT molecular complexity index is 1670. The molecular formula is C36H47FN4O7S. The molecule has 0 fully saturated rings. The molecule has 3 N–H and O–H groups in total. The van der Waals surface area contributed by atoms with Crippen molar-refractivity contribution in [1.82, 2.24) is 9.80 Å². The number of ether oxygens (including phenoxy) is 2. The van der Waals surface area contributed by atoms with Gasteiger partial charge in [0.25, 0.3) is 15.9 Å². The molecule has 0 bridgehead atoms. The van der Waals surface area contributed by atoms with Crippen molar-refractivity contribution in [2.24, 2.45) is 5.92 Å². The first-order valence-corrected chi connectivity index (χ1v) is 18.0. The molecule has 3 aromatic rings. The quantitative estimate of drug-likeness (QED) is 0.267. The highest BCUT2D eigenvalue weighted by Gasteiger charge is 2.31. The van der Waals surface area contributed by atoms with Crippen LogP contribution in [0.1, 0.15) is 56.0 Å². The van der Waals surface area contributed by atoms with Crippen molar-refractivity contribution in [1.29, 1.82) is 0 Å². The SMILES string of the molecule is Cc1ccc(S(=O)(=O)Nc2ccc3c(c2)C(=O)N([C@H](C)CO)C[C@H](C)[C@H](CN(C)C(=O)Nc2ccc(F)cc2)OCCCC[C@H](C)O3)cc1. The lowest BCUT2D eigenvalue weighted by Gasteiger charge is -2.35. The lowest BCUT2D eigenvalue weighted by atomic mass is 10.0. The molecule has 0 aliphatic carbocycles. The second-order valence-corrected chi connectivity index (χ2v) is 14.4. The third-order valence-electron chi connectivity index (χ3n) is 8.53. The maximum atomic E-state index is 14.4. The van der Waals surface area contributed by atoms with Gasteiger partial charge in [-0.3, -0.25) is 9.52 Å². The molecular weight excluding hydrogens is 651 g/mol. The summed E-state index contributed by atoms with van der Waals surface area (Å²) >= 11 is 0. The highest BCUT2D eigenvalue weighted by Crippen LogP contribution is 2.29. The number of rotatable bonds is 8. The number of amides is 3. The predicted molar refractivity (Wildman–Crippen MR) is 187 cm³/mol. The molecule has 3 aromatic carbocycles. The van der Waals surface area contributed by atoms with Gasteiger partial charge in [0.1, 0.15) is 11.6 Å². The number of anilines is 2. The van der Waals surface area contributed by atoms with E-state index in [4.69, 9.17) is 9.47 Å². The number of likely N-dealkylation sites (N-methyl/N-ethyl adjacent to an activating group) is 1. The van der Waals surface area contributed by atoms with E-state index >= 15 is 0 Å². The van der Waals surface area contributed by atoms with Crippen LogP contribution in [0, 0.1) is 18.7 Å². The molecule has 4 rings (SSSR count). The molecule has 13 heteroatoms. The van der Waals surface area contributed by atoms with Crippen LogP contribution < -0.4 is 14.8 Å². The van der Waals surface area contributed by atoms with Crippen molar-refractivity contribution < 1.29 is 37.0 Å². The van der Waals surface area contributed by atoms with E-state index in [2.05, 4.69) is 10.0 Å². The van der Waals surface area contributed by atoms with Crippen LogP contribution >= 0.6 is 0 Å².